The van der Waals surface area contributed by atoms with Gasteiger partial charge in [-0.05, 0) is 61.4 Å². The molecule has 0 bridgehead atoms. The fourth-order valence-corrected chi connectivity index (χ4v) is 5.10. The Morgan fingerprint density at radius 2 is 1.97 bits per heavy atom. The van der Waals surface area contributed by atoms with Crippen LogP contribution in [-0.2, 0) is 16.0 Å². The molecule has 4 rings (SSSR count). The third-order valence-electron chi connectivity index (χ3n) is 5.88. The molecule has 1 aromatic carbocycles. The molecule has 0 radical (unpaired) electrons. The molecule has 0 unspecified atom stereocenters. The predicted octanol–water partition coefficient (Wildman–Crippen LogP) is 4.77. The Morgan fingerprint density at radius 1 is 1.15 bits per heavy atom. The van der Waals surface area contributed by atoms with Crippen molar-refractivity contribution in [1.29, 1.82) is 0 Å². The third kappa shape index (κ3) is 6.29. The van der Waals surface area contributed by atoms with Crippen LogP contribution in [0, 0.1) is 5.92 Å². The number of amides is 1. The molecule has 34 heavy (non-hydrogen) atoms. The SMILES string of the molecule is CO[C@H](C(=O)Nc1nnc(CC2CCC(c3cccnn3)CC2)s1)c1cccc(OC(F)F)c1. The Labute approximate surface area is 199 Å². The van der Waals surface area contributed by atoms with E-state index in [1.165, 1.54) is 36.6 Å². The Bertz CT molecular complexity index is 1080. The average Bonchev–Trinajstić information content (AvgIpc) is 3.27. The molecule has 180 valence electrons. The van der Waals surface area contributed by atoms with Gasteiger partial charge < -0.3 is 9.47 Å². The lowest BCUT2D eigenvalue weighted by atomic mass is 9.79. The molecule has 11 heteroatoms. The van der Waals surface area contributed by atoms with Gasteiger partial charge in [0.1, 0.15) is 10.8 Å². The maximum absolute atomic E-state index is 12.8. The van der Waals surface area contributed by atoms with Crippen LogP contribution in [0.3, 0.4) is 0 Å². The van der Waals surface area contributed by atoms with Crippen molar-refractivity contribution in [3.05, 3.63) is 58.9 Å². The quantitative estimate of drug-likeness (QED) is 0.462. The minimum atomic E-state index is -2.95. The highest BCUT2D eigenvalue weighted by Crippen LogP contribution is 2.36. The normalized spacial score (nSPS) is 19.1. The summed E-state index contributed by atoms with van der Waals surface area (Å²) in [7, 11) is 1.37. The summed E-state index contributed by atoms with van der Waals surface area (Å²) >= 11 is 1.33. The van der Waals surface area contributed by atoms with Crippen LogP contribution >= 0.6 is 11.3 Å². The Hall–Kier alpha value is -3.05. The minimum absolute atomic E-state index is 0.0467. The smallest absolute Gasteiger partial charge is 0.387 e. The number of anilines is 1. The summed E-state index contributed by atoms with van der Waals surface area (Å²) in [5.74, 6) is 0.442. The van der Waals surface area contributed by atoms with E-state index < -0.39 is 18.6 Å². The largest absolute Gasteiger partial charge is 0.435 e. The van der Waals surface area contributed by atoms with Crippen molar-refractivity contribution < 1.29 is 23.0 Å². The van der Waals surface area contributed by atoms with Gasteiger partial charge in [-0.1, -0.05) is 23.5 Å². The van der Waals surface area contributed by atoms with Crippen LogP contribution in [0.2, 0.25) is 0 Å². The molecule has 1 aliphatic rings. The fourth-order valence-electron chi connectivity index (χ4n) is 4.25. The van der Waals surface area contributed by atoms with E-state index in [2.05, 4.69) is 30.4 Å². The van der Waals surface area contributed by atoms with Crippen LogP contribution in [0.1, 0.15) is 54.0 Å². The van der Waals surface area contributed by atoms with Crippen molar-refractivity contribution in [2.45, 2.75) is 50.7 Å². The average molecular weight is 490 g/mol. The van der Waals surface area contributed by atoms with Crippen LogP contribution in [0.4, 0.5) is 13.9 Å². The van der Waals surface area contributed by atoms with E-state index in [9.17, 15) is 13.6 Å². The number of carbonyl (C=O) groups is 1. The van der Waals surface area contributed by atoms with Crippen LogP contribution in [0.5, 0.6) is 5.75 Å². The van der Waals surface area contributed by atoms with E-state index >= 15 is 0 Å². The van der Waals surface area contributed by atoms with Crippen LogP contribution in [0.15, 0.2) is 42.6 Å². The molecule has 1 fully saturated rings. The molecule has 1 N–H and O–H groups in total. The van der Waals surface area contributed by atoms with Crippen LogP contribution < -0.4 is 10.1 Å². The third-order valence-corrected chi connectivity index (χ3v) is 6.74. The zero-order valence-corrected chi connectivity index (χ0v) is 19.4. The lowest BCUT2D eigenvalue weighted by Crippen LogP contribution is -2.22. The van der Waals surface area contributed by atoms with Crippen molar-refractivity contribution in [2.24, 2.45) is 5.92 Å². The Kier molecular flexibility index (Phi) is 8.07. The standard InChI is InChI=1S/C23H25F2N5O3S/c1-32-20(16-4-2-5-17(13-16)33-22(24)25)21(31)27-23-30-29-19(34-23)12-14-7-9-15(10-8-14)18-6-3-11-26-28-18/h2-6,11,13-15,20,22H,7-10,12H2,1H3,(H,27,30,31)/t14?,15?,20-/m0/s1. The molecule has 1 amide bonds. The molecular weight excluding hydrogens is 464 g/mol. The molecule has 0 aliphatic heterocycles. The molecule has 3 aromatic rings. The molecule has 0 spiro atoms. The zero-order chi connectivity index (χ0) is 23.9. The number of carbonyl (C=O) groups excluding carboxylic acids is 1. The first-order valence-electron chi connectivity index (χ1n) is 11.0. The van der Waals surface area contributed by atoms with Gasteiger partial charge in [0, 0.05) is 25.6 Å². The predicted molar refractivity (Wildman–Crippen MR) is 122 cm³/mol. The number of nitrogens with one attached hydrogen (secondary N) is 1. The molecule has 2 aromatic heterocycles. The van der Waals surface area contributed by atoms with Crippen molar-refractivity contribution >= 4 is 22.4 Å². The number of methoxy groups -OCH3 is 1. The van der Waals surface area contributed by atoms with Gasteiger partial charge in [-0.2, -0.15) is 19.0 Å². The molecule has 8 nitrogen and oxygen atoms in total. The number of alkyl halides is 2. The highest BCUT2D eigenvalue weighted by Gasteiger charge is 2.26. The van der Waals surface area contributed by atoms with Gasteiger partial charge in [-0.3, -0.25) is 10.1 Å². The van der Waals surface area contributed by atoms with Crippen molar-refractivity contribution in [3.8, 4) is 5.75 Å². The highest BCUT2D eigenvalue weighted by molar-refractivity contribution is 7.15. The van der Waals surface area contributed by atoms with Gasteiger partial charge in [0.25, 0.3) is 5.91 Å². The van der Waals surface area contributed by atoms with Gasteiger partial charge in [0.15, 0.2) is 6.10 Å². The van der Waals surface area contributed by atoms with E-state index in [4.69, 9.17) is 4.74 Å². The Morgan fingerprint density at radius 3 is 2.68 bits per heavy atom. The Balaban J connectivity index is 1.31. The lowest BCUT2D eigenvalue weighted by Gasteiger charge is -2.27. The molecule has 1 aliphatic carbocycles. The van der Waals surface area contributed by atoms with Gasteiger partial charge in [-0.15, -0.1) is 10.2 Å². The molecule has 0 saturated heterocycles. The summed E-state index contributed by atoms with van der Waals surface area (Å²) in [5.41, 5.74) is 1.45. The van der Waals surface area contributed by atoms with E-state index in [1.807, 2.05) is 12.1 Å². The summed E-state index contributed by atoms with van der Waals surface area (Å²) in [4.78, 5) is 12.8. The summed E-state index contributed by atoms with van der Waals surface area (Å²) < 4.78 is 34.7. The number of halogens is 2. The number of ether oxygens (including phenoxy) is 2. The molecular formula is C23H25F2N5O3S. The van der Waals surface area contributed by atoms with Gasteiger partial charge >= 0.3 is 6.61 Å². The highest BCUT2D eigenvalue weighted by atomic mass is 32.1. The fraction of sp³-hybridized carbons (Fsp3) is 0.435. The molecule has 2 heterocycles. The first-order valence-corrected chi connectivity index (χ1v) is 11.8. The zero-order valence-electron chi connectivity index (χ0n) is 18.6. The number of aromatic nitrogens is 4. The van der Waals surface area contributed by atoms with Gasteiger partial charge in [-0.25, -0.2) is 0 Å². The van der Waals surface area contributed by atoms with Crippen molar-refractivity contribution in [1.82, 2.24) is 20.4 Å². The number of benzene rings is 1. The van der Waals surface area contributed by atoms with E-state index in [0.29, 0.717) is 22.5 Å². The monoisotopic (exact) mass is 489 g/mol. The van der Waals surface area contributed by atoms with E-state index in [-0.39, 0.29) is 5.75 Å². The van der Waals surface area contributed by atoms with Crippen molar-refractivity contribution in [2.75, 3.05) is 12.4 Å². The van der Waals surface area contributed by atoms with Gasteiger partial charge in [0.05, 0.1) is 5.69 Å². The number of hydrogen-bond acceptors (Lipinski definition) is 8. The summed E-state index contributed by atoms with van der Waals surface area (Å²) in [6.07, 6.45) is 5.77. The first-order chi connectivity index (χ1) is 16.5. The summed E-state index contributed by atoms with van der Waals surface area (Å²) in [6.45, 7) is -2.95. The molecule has 1 atom stereocenters. The second kappa shape index (κ2) is 11.4. The second-order valence-electron chi connectivity index (χ2n) is 8.13. The lowest BCUT2D eigenvalue weighted by molar-refractivity contribution is -0.126. The second-order valence-corrected chi connectivity index (χ2v) is 9.19. The topological polar surface area (TPSA) is 99.1 Å². The molecule has 1 saturated carbocycles. The van der Waals surface area contributed by atoms with Crippen LogP contribution in [0.25, 0.3) is 0 Å². The van der Waals surface area contributed by atoms with Crippen LogP contribution in [-0.4, -0.2) is 40.0 Å². The first kappa shape index (κ1) is 24.1. The van der Waals surface area contributed by atoms with E-state index in [0.717, 1.165) is 42.8 Å². The minimum Gasteiger partial charge on any atom is -0.435 e. The number of nitrogens with zero attached hydrogens (tertiary/aromatic N) is 4. The number of hydrogen-bond donors (Lipinski definition) is 1. The summed E-state index contributed by atoms with van der Waals surface area (Å²) in [5, 5.41) is 20.5. The maximum atomic E-state index is 12.8. The number of rotatable bonds is 9. The van der Waals surface area contributed by atoms with E-state index in [1.54, 1.807) is 12.3 Å². The maximum Gasteiger partial charge on any atom is 0.387 e. The summed E-state index contributed by atoms with van der Waals surface area (Å²) in [6, 6.07) is 9.82. The van der Waals surface area contributed by atoms with Crippen molar-refractivity contribution in [3.63, 3.8) is 0 Å². The van der Waals surface area contributed by atoms with Gasteiger partial charge in [0.2, 0.25) is 5.13 Å².